The Labute approximate surface area is 127 Å². The maximum absolute atomic E-state index is 12.1. The smallest absolute Gasteiger partial charge is 0.327 e. The van der Waals surface area contributed by atoms with Crippen LogP contribution >= 0.6 is 11.8 Å². The van der Waals surface area contributed by atoms with Crippen molar-refractivity contribution in [2.24, 2.45) is 0 Å². The Morgan fingerprint density at radius 2 is 2.19 bits per heavy atom. The molecule has 9 heteroatoms. The van der Waals surface area contributed by atoms with Gasteiger partial charge < -0.3 is 25.4 Å². The predicted octanol–water partition coefficient (Wildman–Crippen LogP) is -0.651. The number of hydrogen-bond acceptors (Lipinski definition) is 5. The van der Waals surface area contributed by atoms with E-state index in [-0.39, 0.29) is 5.91 Å². The molecule has 0 aromatic rings. The minimum atomic E-state index is -1.03. The number of urea groups is 1. The summed E-state index contributed by atoms with van der Waals surface area (Å²) in [6, 6.07) is -2.12. The largest absolute Gasteiger partial charge is 0.480 e. The van der Waals surface area contributed by atoms with Crippen LogP contribution in [0.3, 0.4) is 0 Å². The molecule has 1 fully saturated rings. The van der Waals surface area contributed by atoms with Crippen LogP contribution in [0, 0.1) is 0 Å². The highest BCUT2D eigenvalue weighted by molar-refractivity contribution is 7.99. The maximum Gasteiger partial charge on any atom is 0.327 e. The second-order valence-corrected chi connectivity index (χ2v) is 5.73. The van der Waals surface area contributed by atoms with E-state index in [1.54, 1.807) is 6.92 Å². The molecular weight excluding hydrogens is 298 g/mol. The lowest BCUT2D eigenvalue weighted by Gasteiger charge is -2.33. The number of carboxylic acids is 1. The summed E-state index contributed by atoms with van der Waals surface area (Å²) in [6.45, 7) is 2.64. The first kappa shape index (κ1) is 17.6. The monoisotopic (exact) mass is 319 g/mol. The van der Waals surface area contributed by atoms with Gasteiger partial charge in [0.1, 0.15) is 12.1 Å². The van der Waals surface area contributed by atoms with Crippen LogP contribution < -0.4 is 10.6 Å². The maximum atomic E-state index is 12.1. The lowest BCUT2D eigenvalue weighted by molar-refractivity contribution is -0.141. The number of rotatable bonds is 6. The molecule has 0 aromatic carbocycles. The van der Waals surface area contributed by atoms with Gasteiger partial charge in [-0.15, -0.1) is 0 Å². The summed E-state index contributed by atoms with van der Waals surface area (Å²) in [6.07, 6.45) is 0. The number of carboxylic acid groups (broad SMARTS) is 1. The van der Waals surface area contributed by atoms with Crippen LogP contribution in [0.1, 0.15) is 6.92 Å². The van der Waals surface area contributed by atoms with Crippen LogP contribution in [0.15, 0.2) is 0 Å². The standard InChI is InChI=1S/C12H21N3O5S/c1-8(10(16)13-3-5-20-2)14-12(19)15-4-6-21-7-9(15)11(17)18/h8-9H,3-7H2,1-2H3,(H,13,16)(H,14,19)(H,17,18). The number of thioether (sulfide) groups is 1. The number of amides is 3. The van der Waals surface area contributed by atoms with Gasteiger partial charge >= 0.3 is 12.0 Å². The second-order valence-electron chi connectivity index (χ2n) is 4.58. The van der Waals surface area contributed by atoms with Gasteiger partial charge in [0.2, 0.25) is 5.91 Å². The Balaban J connectivity index is 2.50. The summed E-state index contributed by atoms with van der Waals surface area (Å²) in [5, 5.41) is 14.2. The van der Waals surface area contributed by atoms with E-state index in [1.807, 2.05) is 0 Å². The van der Waals surface area contributed by atoms with Crippen LogP contribution in [-0.4, -0.2) is 78.3 Å². The number of ether oxygens (including phenoxy) is 1. The molecule has 1 aliphatic rings. The molecule has 0 bridgehead atoms. The number of hydrogen-bond donors (Lipinski definition) is 3. The molecule has 1 heterocycles. The van der Waals surface area contributed by atoms with Gasteiger partial charge in [-0.25, -0.2) is 9.59 Å². The van der Waals surface area contributed by atoms with E-state index < -0.39 is 24.1 Å². The summed E-state index contributed by atoms with van der Waals surface area (Å²) in [4.78, 5) is 36.2. The zero-order valence-electron chi connectivity index (χ0n) is 12.1. The van der Waals surface area contributed by atoms with E-state index in [0.29, 0.717) is 31.2 Å². The lowest BCUT2D eigenvalue weighted by Crippen LogP contribution is -2.57. The molecule has 8 nitrogen and oxygen atoms in total. The van der Waals surface area contributed by atoms with Gasteiger partial charge in [-0.2, -0.15) is 11.8 Å². The Hall–Kier alpha value is -1.48. The molecule has 3 amide bonds. The lowest BCUT2D eigenvalue weighted by atomic mass is 10.2. The van der Waals surface area contributed by atoms with E-state index in [2.05, 4.69) is 10.6 Å². The SMILES string of the molecule is COCCNC(=O)C(C)NC(=O)N1CCSCC1C(=O)O. The number of aliphatic carboxylic acids is 1. The van der Waals surface area contributed by atoms with Gasteiger partial charge in [0.15, 0.2) is 0 Å². The van der Waals surface area contributed by atoms with Crippen LogP contribution in [0.25, 0.3) is 0 Å². The van der Waals surface area contributed by atoms with E-state index in [9.17, 15) is 14.4 Å². The molecule has 0 saturated carbocycles. The molecule has 2 unspecified atom stereocenters. The molecule has 0 aliphatic carbocycles. The summed E-state index contributed by atoms with van der Waals surface area (Å²) in [5.41, 5.74) is 0. The fourth-order valence-corrected chi connectivity index (χ4v) is 2.85. The zero-order chi connectivity index (χ0) is 15.8. The first-order chi connectivity index (χ1) is 9.97. The molecular formula is C12H21N3O5S. The van der Waals surface area contributed by atoms with Crippen molar-refractivity contribution < 1.29 is 24.2 Å². The van der Waals surface area contributed by atoms with Gasteiger partial charge in [-0.05, 0) is 6.92 Å². The van der Waals surface area contributed by atoms with Crippen LogP contribution in [0.5, 0.6) is 0 Å². The topological polar surface area (TPSA) is 108 Å². The van der Waals surface area contributed by atoms with Crippen molar-refractivity contribution in [2.75, 3.05) is 38.3 Å². The summed E-state index contributed by atoms with van der Waals surface area (Å²) in [5.74, 6) is -0.323. The molecule has 21 heavy (non-hydrogen) atoms. The van der Waals surface area contributed by atoms with Gasteiger partial charge in [0.05, 0.1) is 6.61 Å². The average Bonchev–Trinajstić information content (AvgIpc) is 2.47. The van der Waals surface area contributed by atoms with Crippen LogP contribution in [0.2, 0.25) is 0 Å². The molecule has 0 spiro atoms. The minimum absolute atomic E-state index is 0.335. The van der Waals surface area contributed by atoms with Crippen molar-refractivity contribution in [1.29, 1.82) is 0 Å². The van der Waals surface area contributed by atoms with Crippen LogP contribution in [-0.2, 0) is 14.3 Å². The quantitative estimate of drug-likeness (QED) is 0.562. The number of nitrogens with one attached hydrogen (secondary N) is 2. The van der Waals surface area contributed by atoms with E-state index in [0.717, 1.165) is 0 Å². The Morgan fingerprint density at radius 1 is 1.48 bits per heavy atom. The van der Waals surface area contributed by atoms with E-state index in [1.165, 1.54) is 23.8 Å². The van der Waals surface area contributed by atoms with Gasteiger partial charge in [0, 0.05) is 31.7 Å². The first-order valence-corrected chi connectivity index (χ1v) is 7.77. The van der Waals surface area contributed by atoms with E-state index >= 15 is 0 Å². The molecule has 0 aromatic heterocycles. The average molecular weight is 319 g/mol. The first-order valence-electron chi connectivity index (χ1n) is 6.61. The molecule has 1 rings (SSSR count). The Bertz CT molecular complexity index is 393. The third-order valence-corrected chi connectivity index (χ3v) is 4.04. The van der Waals surface area contributed by atoms with E-state index in [4.69, 9.17) is 9.84 Å². The molecule has 1 saturated heterocycles. The zero-order valence-corrected chi connectivity index (χ0v) is 12.9. The summed E-state index contributed by atoms with van der Waals surface area (Å²) < 4.78 is 4.81. The second kappa shape index (κ2) is 8.73. The van der Waals surface area contributed by atoms with Crippen molar-refractivity contribution >= 4 is 29.7 Å². The highest BCUT2D eigenvalue weighted by atomic mass is 32.2. The third-order valence-electron chi connectivity index (χ3n) is 3.01. The highest BCUT2D eigenvalue weighted by Crippen LogP contribution is 2.16. The number of nitrogens with zero attached hydrogens (tertiary/aromatic N) is 1. The van der Waals surface area contributed by atoms with Crippen molar-refractivity contribution in [3.05, 3.63) is 0 Å². The highest BCUT2D eigenvalue weighted by Gasteiger charge is 2.33. The summed E-state index contributed by atoms with van der Waals surface area (Å²) >= 11 is 1.50. The Morgan fingerprint density at radius 3 is 2.81 bits per heavy atom. The van der Waals surface area contributed by atoms with Gasteiger partial charge in [0.25, 0.3) is 0 Å². The normalized spacial score (nSPS) is 19.7. The third kappa shape index (κ3) is 5.43. The van der Waals surface area contributed by atoms with Crippen molar-refractivity contribution in [2.45, 2.75) is 19.0 Å². The fourth-order valence-electron chi connectivity index (χ4n) is 1.81. The molecule has 3 N–H and O–H groups in total. The minimum Gasteiger partial charge on any atom is -0.480 e. The van der Waals surface area contributed by atoms with Gasteiger partial charge in [-0.3, -0.25) is 4.79 Å². The molecule has 0 radical (unpaired) electrons. The van der Waals surface area contributed by atoms with Gasteiger partial charge in [-0.1, -0.05) is 0 Å². The Kier molecular flexibility index (Phi) is 7.30. The summed E-state index contributed by atoms with van der Waals surface area (Å²) in [7, 11) is 1.53. The van der Waals surface area contributed by atoms with Crippen molar-refractivity contribution in [1.82, 2.24) is 15.5 Å². The number of carbonyl (C=O) groups is 3. The van der Waals surface area contributed by atoms with Crippen molar-refractivity contribution in [3.8, 4) is 0 Å². The molecule has 2 atom stereocenters. The van der Waals surface area contributed by atoms with Crippen molar-refractivity contribution in [3.63, 3.8) is 0 Å². The molecule has 120 valence electrons. The van der Waals surface area contributed by atoms with Crippen LogP contribution in [0.4, 0.5) is 4.79 Å². The fraction of sp³-hybridized carbons (Fsp3) is 0.750. The molecule has 1 aliphatic heterocycles. The number of carbonyl (C=O) groups excluding carboxylic acids is 2. The predicted molar refractivity (Wildman–Crippen MR) is 78.3 cm³/mol. The number of methoxy groups -OCH3 is 1.